The largest absolute Gasteiger partial charge is 0.389 e. The predicted octanol–water partition coefficient (Wildman–Crippen LogP) is 2.10. The van der Waals surface area contributed by atoms with Crippen molar-refractivity contribution in [2.45, 2.75) is 38.0 Å². The highest BCUT2D eigenvalue weighted by Crippen LogP contribution is 2.21. The van der Waals surface area contributed by atoms with Gasteiger partial charge in [-0.2, -0.15) is 13.2 Å². The summed E-state index contributed by atoms with van der Waals surface area (Å²) in [5.74, 6) is 0. The van der Waals surface area contributed by atoms with E-state index in [1.807, 2.05) is 0 Å². The van der Waals surface area contributed by atoms with E-state index in [0.29, 0.717) is 0 Å². The van der Waals surface area contributed by atoms with E-state index >= 15 is 0 Å². The van der Waals surface area contributed by atoms with E-state index in [9.17, 15) is 13.2 Å². The third-order valence-corrected chi connectivity index (χ3v) is 2.21. The van der Waals surface area contributed by atoms with Gasteiger partial charge in [0.1, 0.15) is 0 Å². The van der Waals surface area contributed by atoms with Gasteiger partial charge in [0.05, 0.1) is 6.10 Å². The first-order valence-electron chi connectivity index (χ1n) is 4.97. The molecule has 5 heteroatoms. The molecule has 1 atom stereocenters. The molecule has 84 valence electrons. The van der Waals surface area contributed by atoms with Crippen molar-refractivity contribution in [3.05, 3.63) is 0 Å². The molecule has 0 amide bonds. The lowest BCUT2D eigenvalue weighted by Crippen LogP contribution is -2.35. The first-order chi connectivity index (χ1) is 6.58. The Labute approximate surface area is 81.8 Å². The van der Waals surface area contributed by atoms with E-state index in [-0.39, 0.29) is 19.1 Å². The molecule has 1 unspecified atom stereocenters. The van der Waals surface area contributed by atoms with Crippen molar-refractivity contribution in [2.75, 3.05) is 19.7 Å². The first-order valence-corrected chi connectivity index (χ1v) is 4.97. The Hall–Kier alpha value is -0.290. The van der Waals surface area contributed by atoms with Crippen molar-refractivity contribution < 1.29 is 17.9 Å². The molecule has 0 aromatic rings. The molecule has 1 saturated heterocycles. The highest BCUT2D eigenvalue weighted by molar-refractivity contribution is 4.68. The van der Waals surface area contributed by atoms with E-state index in [4.69, 9.17) is 4.74 Å². The molecule has 0 saturated carbocycles. The number of halogens is 3. The number of hydrogen-bond acceptors (Lipinski definition) is 2. The first kappa shape index (κ1) is 11.8. The lowest BCUT2D eigenvalue weighted by molar-refractivity contribution is -0.139. The monoisotopic (exact) mass is 211 g/mol. The van der Waals surface area contributed by atoms with Gasteiger partial charge in [0.25, 0.3) is 0 Å². The molecule has 1 heterocycles. The van der Waals surface area contributed by atoms with E-state index in [0.717, 1.165) is 25.9 Å². The summed E-state index contributed by atoms with van der Waals surface area (Å²) in [6, 6.07) is 0. The normalized spacial score (nSPS) is 23.8. The van der Waals surface area contributed by atoms with Crippen LogP contribution in [0.3, 0.4) is 0 Å². The fourth-order valence-corrected chi connectivity index (χ4v) is 1.48. The molecule has 0 aromatic carbocycles. The Bertz CT molecular complexity index is 155. The average molecular weight is 211 g/mol. The van der Waals surface area contributed by atoms with Gasteiger partial charge in [-0.1, -0.05) is 0 Å². The standard InChI is InChI=1S/C9H16F3NO/c10-9(11,12)4-2-6-14-8-3-1-5-13-7-8/h8,13H,1-7H2. The fourth-order valence-electron chi connectivity index (χ4n) is 1.48. The van der Waals surface area contributed by atoms with Crippen LogP contribution in [0.4, 0.5) is 13.2 Å². The van der Waals surface area contributed by atoms with Crippen LogP contribution in [0, 0.1) is 0 Å². The Balaban J connectivity index is 1.97. The smallest absolute Gasteiger partial charge is 0.377 e. The Morgan fingerprint density at radius 2 is 2.14 bits per heavy atom. The zero-order chi connectivity index (χ0) is 10.4. The molecule has 0 radical (unpaired) electrons. The SMILES string of the molecule is FC(F)(F)CCCOC1CCCNC1. The maximum absolute atomic E-state index is 11.8. The molecular weight excluding hydrogens is 195 g/mol. The Morgan fingerprint density at radius 1 is 1.36 bits per heavy atom. The molecule has 14 heavy (non-hydrogen) atoms. The average Bonchev–Trinajstić information content (AvgIpc) is 2.13. The van der Waals surface area contributed by atoms with Gasteiger partial charge >= 0.3 is 6.18 Å². The third kappa shape index (κ3) is 5.44. The second kappa shape index (κ2) is 5.56. The van der Waals surface area contributed by atoms with Crippen molar-refractivity contribution >= 4 is 0 Å². The molecular formula is C9H16F3NO. The highest BCUT2D eigenvalue weighted by atomic mass is 19.4. The van der Waals surface area contributed by atoms with Crippen LogP contribution in [0.1, 0.15) is 25.7 Å². The van der Waals surface area contributed by atoms with Crippen LogP contribution in [0.15, 0.2) is 0 Å². The summed E-state index contributed by atoms with van der Waals surface area (Å²) in [6.07, 6.45) is -2.61. The summed E-state index contributed by atoms with van der Waals surface area (Å²) in [5.41, 5.74) is 0. The van der Waals surface area contributed by atoms with Gasteiger partial charge in [-0.05, 0) is 25.8 Å². The summed E-state index contributed by atoms with van der Waals surface area (Å²) < 4.78 is 40.6. The van der Waals surface area contributed by atoms with Gasteiger partial charge in [0.15, 0.2) is 0 Å². The van der Waals surface area contributed by atoms with Crippen molar-refractivity contribution in [1.82, 2.24) is 5.32 Å². The molecule has 1 N–H and O–H groups in total. The van der Waals surface area contributed by atoms with Crippen LogP contribution in [-0.4, -0.2) is 32.0 Å². The number of alkyl halides is 3. The fraction of sp³-hybridized carbons (Fsp3) is 1.00. The molecule has 0 spiro atoms. The minimum Gasteiger partial charge on any atom is -0.377 e. The summed E-state index contributed by atoms with van der Waals surface area (Å²) in [6.45, 7) is 1.97. The van der Waals surface area contributed by atoms with Crippen molar-refractivity contribution in [3.63, 3.8) is 0 Å². The second-order valence-electron chi connectivity index (χ2n) is 3.56. The van der Waals surface area contributed by atoms with Crippen LogP contribution >= 0.6 is 0 Å². The zero-order valence-electron chi connectivity index (χ0n) is 8.07. The van der Waals surface area contributed by atoms with E-state index in [1.54, 1.807) is 0 Å². The Kier molecular flexibility index (Phi) is 4.68. The number of ether oxygens (including phenoxy) is 1. The van der Waals surface area contributed by atoms with E-state index in [1.165, 1.54) is 0 Å². The second-order valence-corrected chi connectivity index (χ2v) is 3.56. The molecule has 0 aromatic heterocycles. The van der Waals surface area contributed by atoms with Crippen LogP contribution in [0.25, 0.3) is 0 Å². The maximum Gasteiger partial charge on any atom is 0.389 e. The molecule has 1 aliphatic rings. The van der Waals surface area contributed by atoms with Gasteiger partial charge < -0.3 is 10.1 Å². The zero-order valence-corrected chi connectivity index (χ0v) is 8.07. The summed E-state index contributed by atoms with van der Waals surface area (Å²) in [7, 11) is 0. The van der Waals surface area contributed by atoms with E-state index < -0.39 is 12.6 Å². The molecule has 1 aliphatic heterocycles. The van der Waals surface area contributed by atoms with Crippen molar-refractivity contribution in [3.8, 4) is 0 Å². The third-order valence-electron chi connectivity index (χ3n) is 2.21. The predicted molar refractivity (Wildman–Crippen MR) is 47.1 cm³/mol. The number of rotatable bonds is 4. The highest BCUT2D eigenvalue weighted by Gasteiger charge is 2.26. The van der Waals surface area contributed by atoms with Crippen LogP contribution in [-0.2, 0) is 4.74 Å². The van der Waals surface area contributed by atoms with Crippen LogP contribution in [0.5, 0.6) is 0 Å². The van der Waals surface area contributed by atoms with Crippen LogP contribution < -0.4 is 5.32 Å². The van der Waals surface area contributed by atoms with Gasteiger partial charge in [0.2, 0.25) is 0 Å². The summed E-state index contributed by atoms with van der Waals surface area (Å²) >= 11 is 0. The molecule has 0 bridgehead atoms. The van der Waals surface area contributed by atoms with Crippen LogP contribution in [0.2, 0.25) is 0 Å². The van der Waals surface area contributed by atoms with Crippen molar-refractivity contribution in [2.24, 2.45) is 0 Å². The number of nitrogens with one attached hydrogen (secondary N) is 1. The van der Waals surface area contributed by atoms with E-state index in [2.05, 4.69) is 5.32 Å². The molecule has 0 aliphatic carbocycles. The molecule has 2 nitrogen and oxygen atoms in total. The van der Waals surface area contributed by atoms with Gasteiger partial charge in [0, 0.05) is 19.6 Å². The lowest BCUT2D eigenvalue weighted by Gasteiger charge is -2.23. The van der Waals surface area contributed by atoms with Gasteiger partial charge in [-0.25, -0.2) is 0 Å². The quantitative estimate of drug-likeness (QED) is 0.719. The molecule has 1 rings (SSSR count). The minimum absolute atomic E-state index is 0.0694. The summed E-state index contributed by atoms with van der Waals surface area (Å²) in [5, 5.41) is 3.14. The topological polar surface area (TPSA) is 21.3 Å². The number of hydrogen-bond donors (Lipinski definition) is 1. The maximum atomic E-state index is 11.8. The summed E-state index contributed by atoms with van der Waals surface area (Å²) in [4.78, 5) is 0. The molecule has 1 fully saturated rings. The number of piperidine rings is 1. The lowest BCUT2D eigenvalue weighted by atomic mass is 10.1. The Morgan fingerprint density at radius 3 is 2.71 bits per heavy atom. The van der Waals surface area contributed by atoms with Gasteiger partial charge in [-0.3, -0.25) is 0 Å². The van der Waals surface area contributed by atoms with Crippen molar-refractivity contribution in [1.29, 1.82) is 0 Å². The van der Waals surface area contributed by atoms with Gasteiger partial charge in [-0.15, -0.1) is 0 Å². The minimum atomic E-state index is -4.05.